The highest BCUT2D eigenvalue weighted by molar-refractivity contribution is 7.53. The molecule has 12 nitrogen and oxygen atoms in total. The van der Waals surface area contributed by atoms with E-state index in [4.69, 9.17) is 21.9 Å². The maximum atomic E-state index is 13.0. The van der Waals surface area contributed by atoms with E-state index in [0.29, 0.717) is 24.9 Å². The van der Waals surface area contributed by atoms with Gasteiger partial charge in [0.1, 0.15) is 17.8 Å². The van der Waals surface area contributed by atoms with Crippen LogP contribution in [-0.4, -0.2) is 71.5 Å². The highest BCUT2D eigenvalue weighted by Crippen LogP contribution is 2.47. The molecule has 1 saturated carbocycles. The maximum absolute atomic E-state index is 13.0. The van der Waals surface area contributed by atoms with E-state index in [1.165, 1.54) is 6.92 Å². The van der Waals surface area contributed by atoms with Crippen molar-refractivity contribution < 1.29 is 39.6 Å². The number of carbonyl (C=O) groups excluding carboxylic acids is 2. The number of hydrogen-bond donors (Lipinski definition) is 6. The summed E-state index contributed by atoms with van der Waals surface area (Å²) < 4.78 is 31.9. The molecule has 1 aromatic carbocycles. The zero-order valence-corrected chi connectivity index (χ0v) is 23.3. The summed E-state index contributed by atoms with van der Waals surface area (Å²) in [7, 11) is -3.63. The average Bonchev–Trinajstić information content (AvgIpc) is 2.92. The first-order chi connectivity index (χ1) is 19.0. The van der Waals surface area contributed by atoms with E-state index in [2.05, 4.69) is 10.6 Å². The summed E-state index contributed by atoms with van der Waals surface area (Å²) in [4.78, 5) is 36.9. The van der Waals surface area contributed by atoms with Crippen LogP contribution in [0.5, 0.6) is 5.75 Å². The number of aliphatic carboxylic acids is 1. The number of nitrogens with two attached hydrogens (primary N) is 2. The van der Waals surface area contributed by atoms with Crippen molar-refractivity contribution in [3.05, 3.63) is 29.8 Å². The van der Waals surface area contributed by atoms with Gasteiger partial charge in [-0.1, -0.05) is 31.4 Å². The van der Waals surface area contributed by atoms with Crippen LogP contribution in [0.4, 0.5) is 0 Å². The van der Waals surface area contributed by atoms with E-state index in [0.717, 1.165) is 32.1 Å². The summed E-state index contributed by atoms with van der Waals surface area (Å²) in [6, 6.07) is 2.68. The van der Waals surface area contributed by atoms with Gasteiger partial charge in [-0.15, -0.1) is 0 Å². The Morgan fingerprint density at radius 2 is 1.79 bits per heavy atom. The van der Waals surface area contributed by atoms with E-state index < -0.39 is 56.2 Å². The van der Waals surface area contributed by atoms with Gasteiger partial charge in [0.2, 0.25) is 11.8 Å². The Morgan fingerprint density at radius 1 is 1.13 bits per heavy atom. The fraction of sp³-hybridized carbons (Fsp3) is 0.654. The summed E-state index contributed by atoms with van der Waals surface area (Å²) in [6.07, 6.45) is 4.50. The van der Waals surface area contributed by atoms with E-state index in [1.807, 2.05) is 0 Å². The Kier molecular flexibility index (Phi) is 12.7. The predicted molar refractivity (Wildman–Crippen MR) is 146 cm³/mol. The van der Waals surface area contributed by atoms with Gasteiger partial charge in [0, 0.05) is 8.01 Å². The number of aliphatic hydroxyl groups is 1. The van der Waals surface area contributed by atoms with Crippen molar-refractivity contribution in [3.8, 4) is 5.75 Å². The van der Waals surface area contributed by atoms with Crippen molar-refractivity contribution in [3.63, 3.8) is 0 Å². The summed E-state index contributed by atoms with van der Waals surface area (Å²) >= 11 is 0. The highest BCUT2D eigenvalue weighted by atomic mass is 31.2. The van der Waals surface area contributed by atoms with Crippen molar-refractivity contribution in [2.24, 2.45) is 11.5 Å². The molecule has 13 heteroatoms. The number of benzene rings is 1. The van der Waals surface area contributed by atoms with E-state index >= 15 is 0 Å². The molecule has 1 aliphatic rings. The molecule has 2 unspecified atom stereocenters. The number of nitrogens with one attached hydrogen (secondary N) is 2. The third kappa shape index (κ3) is 11.6. The second-order valence-electron chi connectivity index (χ2n) is 9.93. The molecule has 39 heavy (non-hydrogen) atoms. The lowest BCUT2D eigenvalue weighted by Gasteiger charge is -2.25. The van der Waals surface area contributed by atoms with Crippen LogP contribution >= 0.6 is 7.60 Å². The zero-order valence-electron chi connectivity index (χ0n) is 23.4. The number of unbranched alkanes of at least 4 members (excludes halogenated alkanes) is 1. The molecule has 0 aromatic heterocycles. The zero-order chi connectivity index (χ0) is 29.7. The molecular formula is C26H43N4O8P. The van der Waals surface area contributed by atoms with Gasteiger partial charge in [-0.05, 0) is 69.7 Å². The topological polar surface area (TPSA) is 203 Å². The minimum Gasteiger partial charge on any atom is -0.480 e. The minimum atomic E-state index is -3.63. The van der Waals surface area contributed by atoms with Crippen molar-refractivity contribution in [1.82, 2.24) is 10.6 Å². The fourth-order valence-electron chi connectivity index (χ4n) is 4.29. The number of carboxylic acids is 1. The maximum Gasteiger partial charge on any atom is 0.376 e. The second-order valence-corrected chi connectivity index (χ2v) is 11.5. The highest BCUT2D eigenvalue weighted by Gasteiger charge is 2.31. The second kappa shape index (κ2) is 15.9. The molecule has 0 aliphatic heterocycles. The van der Waals surface area contributed by atoms with Gasteiger partial charge < -0.3 is 36.8 Å². The third-order valence-corrected chi connectivity index (χ3v) is 7.55. The van der Waals surface area contributed by atoms with Crippen LogP contribution in [0.25, 0.3) is 0 Å². The third-order valence-electron chi connectivity index (χ3n) is 6.45. The minimum absolute atomic E-state index is 0.0752. The van der Waals surface area contributed by atoms with Crippen LogP contribution in [0.1, 0.15) is 65.2 Å². The van der Waals surface area contributed by atoms with Crippen molar-refractivity contribution in [2.75, 3.05) is 13.2 Å². The van der Waals surface area contributed by atoms with E-state index in [-0.39, 0.29) is 24.7 Å². The fourth-order valence-corrected chi connectivity index (χ4v) is 5.44. The Bertz CT molecular complexity index is 1010. The molecule has 2 rings (SSSR count). The Balaban J connectivity index is 1.94. The van der Waals surface area contributed by atoms with Crippen molar-refractivity contribution in [2.45, 2.75) is 95.0 Å². The predicted octanol–water partition coefficient (Wildman–Crippen LogP) is 1.67. The van der Waals surface area contributed by atoms with E-state index in [1.54, 1.807) is 24.3 Å². The summed E-state index contributed by atoms with van der Waals surface area (Å²) in [5.41, 5.74) is 12.1. The molecule has 5 atom stereocenters. The van der Waals surface area contributed by atoms with E-state index in [9.17, 15) is 29.2 Å². The van der Waals surface area contributed by atoms with Gasteiger partial charge in [-0.25, -0.2) is 9.36 Å². The van der Waals surface area contributed by atoms with Gasteiger partial charge in [-0.2, -0.15) is 0 Å². The normalized spacial score (nSPS) is 19.0. The molecule has 0 heterocycles. The molecule has 2 amide bonds. The molecule has 0 spiro atoms. The number of amides is 2. The SMILES string of the molecule is [2H]CP(=O)(Oc1ccc(CC(N)C(=O)N[C@H](C(=O)N[C@@H](CCCCN)C(=O)O)[C@@H](C)O)cc1)OC1CCCCC1. The average molecular weight is 572 g/mol. The Morgan fingerprint density at radius 3 is 2.36 bits per heavy atom. The van der Waals surface area contributed by atoms with Crippen LogP contribution in [-0.2, 0) is 29.9 Å². The lowest BCUT2D eigenvalue weighted by Crippen LogP contribution is -2.58. The number of carbonyl (C=O) groups is 3. The van der Waals surface area contributed by atoms with Crippen LogP contribution in [0.15, 0.2) is 24.3 Å². The monoisotopic (exact) mass is 571 g/mol. The quantitative estimate of drug-likeness (QED) is 0.125. The Labute approximate surface area is 231 Å². The first kappa shape index (κ1) is 31.0. The molecule has 8 N–H and O–H groups in total. The first-order valence-electron chi connectivity index (χ1n) is 14.0. The number of carboxylic acid groups (broad SMARTS) is 1. The summed E-state index contributed by atoms with van der Waals surface area (Å²) in [5.74, 6) is -2.52. The summed E-state index contributed by atoms with van der Waals surface area (Å²) in [5, 5.41) is 24.2. The largest absolute Gasteiger partial charge is 0.480 e. The van der Waals surface area contributed by atoms with Gasteiger partial charge in [-0.3, -0.25) is 14.1 Å². The number of rotatable bonds is 16. The molecule has 1 aromatic rings. The van der Waals surface area contributed by atoms with Crippen LogP contribution in [0.2, 0.25) is 0 Å². The standard InChI is InChI=1S/C26H43N4O8P/c1-17(31)23(25(33)29-22(26(34)35)10-6-7-15-27)30-24(32)21(28)16-18-11-13-20(14-12-18)38-39(2,36)37-19-8-4-3-5-9-19/h11-14,17,19,21-23,31H,3-10,15-16,27-28H2,1-2H3,(H,29,33)(H,30,32)(H,34,35)/t17-,21?,22+,23+,39?/m1/s1/i2D. The molecule has 0 bridgehead atoms. The molecule has 0 saturated heterocycles. The van der Waals surface area contributed by atoms with Gasteiger partial charge in [0.25, 0.3) is 0 Å². The van der Waals surface area contributed by atoms with Gasteiger partial charge in [0.15, 0.2) is 0 Å². The smallest absolute Gasteiger partial charge is 0.376 e. The van der Waals surface area contributed by atoms with Crippen LogP contribution in [0, 0.1) is 0 Å². The molecule has 1 fully saturated rings. The summed E-state index contributed by atoms with van der Waals surface area (Å²) in [6.45, 7) is 1.18. The van der Waals surface area contributed by atoms with Crippen molar-refractivity contribution >= 4 is 25.4 Å². The lowest BCUT2D eigenvalue weighted by atomic mass is 9.98. The van der Waals surface area contributed by atoms with Crippen molar-refractivity contribution in [1.29, 1.82) is 0 Å². The molecule has 1 aliphatic carbocycles. The van der Waals surface area contributed by atoms with Gasteiger partial charge >= 0.3 is 13.6 Å². The van der Waals surface area contributed by atoms with Crippen LogP contribution < -0.4 is 26.6 Å². The molecular weight excluding hydrogens is 527 g/mol. The van der Waals surface area contributed by atoms with Gasteiger partial charge in [0.05, 0.1) is 18.2 Å². The lowest BCUT2D eigenvalue weighted by molar-refractivity contribution is -0.143. The first-order valence-corrected chi connectivity index (χ1v) is 15.0. The number of aliphatic hydroxyl groups excluding tert-OH is 1. The molecule has 0 radical (unpaired) electrons. The number of hydrogen-bond acceptors (Lipinski definition) is 9. The Hall–Kier alpha value is -2.50. The van der Waals surface area contributed by atoms with Crippen LogP contribution in [0.3, 0.4) is 0 Å². The molecule has 220 valence electrons.